The zero-order chi connectivity index (χ0) is 12.5. The highest BCUT2D eigenvalue weighted by molar-refractivity contribution is 7.06. The van der Waals surface area contributed by atoms with Gasteiger partial charge in [0.2, 0.25) is 0 Å². The Morgan fingerprint density at radius 2 is 0.889 bits per heavy atom. The number of benzene rings is 3. The molecule has 0 N–H and O–H groups in total. The zero-order valence-electron chi connectivity index (χ0n) is 11.0. The Hall–Kier alpha value is -1.56. The fourth-order valence-corrected chi connectivity index (χ4v) is 3.10. The molecule has 0 aliphatic rings. The summed E-state index contributed by atoms with van der Waals surface area (Å²) in [5, 5.41) is 5.63. The maximum absolute atomic E-state index is 2.26. The molecule has 82 valence electrons. The fourth-order valence-electron chi connectivity index (χ4n) is 3.10. The standard InChI is InChI=1S/C14H14B4/c15-17-13-11-7-3-1-5-9(11)10-6-2-4-8-12(10)14(13)18-16/h1-8,17-18H,15-16H2. The molecule has 3 aromatic rings. The molecular weight excluding hydrogens is 211 g/mol. The van der Waals surface area contributed by atoms with Crippen LogP contribution in [0.1, 0.15) is 0 Å². The van der Waals surface area contributed by atoms with E-state index in [1.54, 1.807) is 0 Å². The van der Waals surface area contributed by atoms with Gasteiger partial charge in [-0.25, -0.2) is 0 Å². The van der Waals surface area contributed by atoms with E-state index in [2.05, 4.69) is 64.0 Å². The van der Waals surface area contributed by atoms with E-state index in [0.29, 0.717) is 0 Å². The van der Waals surface area contributed by atoms with Crippen molar-refractivity contribution in [3.05, 3.63) is 48.5 Å². The topological polar surface area (TPSA) is 0 Å². The number of fused-ring (bicyclic) bond motifs is 3. The molecule has 0 bridgehead atoms. The van der Waals surface area contributed by atoms with Gasteiger partial charge in [0.25, 0.3) is 0 Å². The van der Waals surface area contributed by atoms with Crippen molar-refractivity contribution in [2.45, 2.75) is 0 Å². The van der Waals surface area contributed by atoms with E-state index in [1.807, 2.05) is 0 Å². The minimum absolute atomic E-state index is 1.11. The van der Waals surface area contributed by atoms with Crippen LogP contribution in [-0.4, -0.2) is 29.8 Å². The average molecular weight is 226 g/mol. The van der Waals surface area contributed by atoms with Crippen LogP contribution in [0, 0.1) is 0 Å². The Morgan fingerprint density at radius 1 is 0.556 bits per heavy atom. The maximum Gasteiger partial charge on any atom is 0.119 e. The normalized spacial score (nSPS) is 10.7. The van der Waals surface area contributed by atoms with Crippen molar-refractivity contribution in [3.8, 4) is 0 Å². The Kier molecular flexibility index (Phi) is 2.95. The molecule has 0 saturated carbocycles. The van der Waals surface area contributed by atoms with E-state index in [-0.39, 0.29) is 0 Å². The van der Waals surface area contributed by atoms with Gasteiger partial charge in [0, 0.05) is 0 Å². The Labute approximate surface area is 111 Å². The molecule has 3 aromatic carbocycles. The predicted molar refractivity (Wildman–Crippen MR) is 92.1 cm³/mol. The van der Waals surface area contributed by atoms with Crippen molar-refractivity contribution in [2.75, 3.05) is 0 Å². The van der Waals surface area contributed by atoms with Crippen molar-refractivity contribution in [3.63, 3.8) is 0 Å². The summed E-state index contributed by atoms with van der Waals surface area (Å²) in [6.07, 6.45) is 0. The van der Waals surface area contributed by atoms with Crippen LogP contribution < -0.4 is 10.9 Å². The lowest BCUT2D eigenvalue weighted by Gasteiger charge is -2.15. The summed E-state index contributed by atoms with van der Waals surface area (Å²) in [7, 11) is 6.73. The second-order valence-electron chi connectivity index (χ2n) is 4.76. The molecule has 0 atom stereocenters. The second-order valence-corrected chi connectivity index (χ2v) is 4.76. The molecule has 0 amide bonds. The number of hydrogen-bond acceptors (Lipinski definition) is 0. The van der Waals surface area contributed by atoms with E-state index >= 15 is 0 Å². The first-order valence-electron chi connectivity index (χ1n) is 6.78. The van der Waals surface area contributed by atoms with Gasteiger partial charge in [0.1, 0.15) is 14.3 Å². The Bertz CT molecular complexity index is 659. The van der Waals surface area contributed by atoms with Gasteiger partial charge < -0.3 is 0 Å². The number of rotatable bonds is 2. The molecule has 4 heteroatoms. The Balaban J connectivity index is 2.61. The summed E-state index contributed by atoms with van der Waals surface area (Å²) < 4.78 is 0. The molecule has 0 aliphatic carbocycles. The van der Waals surface area contributed by atoms with Gasteiger partial charge in [0.15, 0.2) is 0 Å². The molecule has 0 aliphatic heterocycles. The summed E-state index contributed by atoms with van der Waals surface area (Å²) in [4.78, 5) is 0. The first kappa shape index (κ1) is 11.5. The number of hydrogen-bond donors (Lipinski definition) is 0. The van der Waals surface area contributed by atoms with Crippen LogP contribution >= 0.6 is 0 Å². The van der Waals surface area contributed by atoms with E-state index in [4.69, 9.17) is 0 Å². The van der Waals surface area contributed by atoms with Gasteiger partial charge in [-0.2, -0.15) is 0 Å². The lowest BCUT2D eigenvalue weighted by molar-refractivity contribution is 1.80. The third-order valence-corrected chi connectivity index (χ3v) is 3.87. The molecular formula is C14H14B4. The van der Waals surface area contributed by atoms with Gasteiger partial charge in [0.05, 0.1) is 15.5 Å². The molecule has 3 rings (SSSR count). The summed E-state index contributed by atoms with van der Waals surface area (Å²) in [6, 6.07) is 17.6. The van der Waals surface area contributed by atoms with Crippen LogP contribution in [-0.2, 0) is 0 Å². The molecule has 0 fully saturated rings. The second kappa shape index (κ2) is 4.61. The van der Waals surface area contributed by atoms with E-state index in [1.165, 1.54) is 32.5 Å². The third-order valence-electron chi connectivity index (χ3n) is 3.87. The first-order valence-corrected chi connectivity index (χ1v) is 6.78. The molecule has 0 radical (unpaired) electrons. The van der Waals surface area contributed by atoms with Crippen molar-refractivity contribution < 1.29 is 0 Å². The summed E-state index contributed by atoms with van der Waals surface area (Å²) in [5.41, 5.74) is 3.04. The van der Waals surface area contributed by atoms with Gasteiger partial charge in [-0.3, -0.25) is 0 Å². The minimum atomic E-state index is 1.11. The van der Waals surface area contributed by atoms with Gasteiger partial charge in [-0.05, 0) is 21.5 Å². The molecule has 0 saturated heterocycles. The van der Waals surface area contributed by atoms with Crippen molar-refractivity contribution in [1.82, 2.24) is 0 Å². The van der Waals surface area contributed by atoms with E-state index in [0.717, 1.165) is 14.3 Å². The third kappa shape index (κ3) is 1.59. The lowest BCUT2D eigenvalue weighted by atomic mass is 9.40. The molecule has 0 heterocycles. The van der Waals surface area contributed by atoms with Gasteiger partial charge in [-0.15, -0.1) is 0 Å². The predicted octanol–water partition coefficient (Wildman–Crippen LogP) is -0.787. The van der Waals surface area contributed by atoms with Crippen molar-refractivity contribution in [1.29, 1.82) is 0 Å². The van der Waals surface area contributed by atoms with Crippen LogP contribution in [0.2, 0.25) is 0 Å². The lowest BCUT2D eigenvalue weighted by Crippen LogP contribution is -2.37. The minimum Gasteiger partial charge on any atom is -0.0917 e. The Morgan fingerprint density at radius 3 is 1.22 bits per heavy atom. The zero-order valence-corrected chi connectivity index (χ0v) is 11.0. The molecule has 18 heavy (non-hydrogen) atoms. The summed E-state index contributed by atoms with van der Waals surface area (Å²) >= 11 is 0. The van der Waals surface area contributed by atoms with E-state index in [9.17, 15) is 0 Å². The van der Waals surface area contributed by atoms with Crippen molar-refractivity contribution >= 4 is 62.3 Å². The van der Waals surface area contributed by atoms with E-state index < -0.39 is 0 Å². The van der Waals surface area contributed by atoms with Crippen LogP contribution in [0.5, 0.6) is 0 Å². The van der Waals surface area contributed by atoms with Crippen LogP contribution in [0.15, 0.2) is 48.5 Å². The smallest absolute Gasteiger partial charge is 0.0917 e. The quantitative estimate of drug-likeness (QED) is 0.396. The van der Waals surface area contributed by atoms with Gasteiger partial charge >= 0.3 is 0 Å². The van der Waals surface area contributed by atoms with Crippen LogP contribution in [0.3, 0.4) is 0 Å². The highest BCUT2D eigenvalue weighted by Crippen LogP contribution is 2.22. The molecule has 0 unspecified atom stereocenters. The molecule has 0 spiro atoms. The van der Waals surface area contributed by atoms with Crippen LogP contribution in [0.4, 0.5) is 0 Å². The largest absolute Gasteiger partial charge is 0.119 e. The summed E-state index contributed by atoms with van der Waals surface area (Å²) in [5.74, 6) is 0. The van der Waals surface area contributed by atoms with Gasteiger partial charge in [-0.1, -0.05) is 59.5 Å². The van der Waals surface area contributed by atoms with Crippen LogP contribution in [0.25, 0.3) is 21.5 Å². The molecule has 0 nitrogen and oxygen atoms in total. The maximum atomic E-state index is 2.26. The SMILES string of the molecule is BBc1c(BB)c2ccccc2c2ccccc12. The molecule has 0 aromatic heterocycles. The highest BCUT2D eigenvalue weighted by Gasteiger charge is 2.11. The average Bonchev–Trinajstić information content (AvgIpc) is 2.45. The monoisotopic (exact) mass is 226 g/mol. The van der Waals surface area contributed by atoms with Crippen molar-refractivity contribution in [2.24, 2.45) is 0 Å². The fraction of sp³-hybridized carbons (Fsp3) is 0. The highest BCUT2D eigenvalue weighted by atomic mass is 14.1. The summed E-state index contributed by atoms with van der Waals surface area (Å²) in [6.45, 7) is 0. The first-order chi connectivity index (χ1) is 8.86.